The van der Waals surface area contributed by atoms with Gasteiger partial charge in [-0.25, -0.2) is 4.39 Å². The summed E-state index contributed by atoms with van der Waals surface area (Å²) in [6, 6.07) is 7.22. The molecule has 1 atom stereocenters. The highest BCUT2D eigenvalue weighted by molar-refractivity contribution is 5.16. The molecule has 0 heterocycles. The fraction of sp³-hybridized carbons (Fsp3) is 0.538. The first-order valence-electron chi connectivity index (χ1n) is 5.76. The van der Waals surface area contributed by atoms with Gasteiger partial charge >= 0.3 is 0 Å². The van der Waals surface area contributed by atoms with Crippen LogP contribution in [-0.4, -0.2) is 6.04 Å². The molecule has 0 spiro atoms. The van der Waals surface area contributed by atoms with Crippen LogP contribution < -0.4 is 5.73 Å². The monoisotopic (exact) mass is 207 g/mol. The van der Waals surface area contributed by atoms with Gasteiger partial charge in [0, 0.05) is 6.04 Å². The molecule has 2 heteroatoms. The zero-order valence-corrected chi connectivity index (χ0v) is 8.95. The Morgan fingerprint density at radius 3 is 2.87 bits per heavy atom. The summed E-state index contributed by atoms with van der Waals surface area (Å²) in [7, 11) is 0. The van der Waals surface area contributed by atoms with Crippen molar-refractivity contribution in [1.29, 1.82) is 0 Å². The maximum absolute atomic E-state index is 12.9. The summed E-state index contributed by atoms with van der Waals surface area (Å²) in [5, 5.41) is 0. The molecule has 1 aromatic carbocycles. The van der Waals surface area contributed by atoms with Crippen molar-refractivity contribution >= 4 is 0 Å². The van der Waals surface area contributed by atoms with Crippen LogP contribution in [-0.2, 0) is 6.42 Å². The van der Waals surface area contributed by atoms with Crippen LogP contribution in [0.2, 0.25) is 0 Å². The van der Waals surface area contributed by atoms with E-state index in [1.165, 1.54) is 18.9 Å². The van der Waals surface area contributed by atoms with Gasteiger partial charge in [-0.15, -0.1) is 0 Å². The predicted octanol–water partition coefficient (Wildman–Crippen LogP) is 2.89. The van der Waals surface area contributed by atoms with E-state index in [-0.39, 0.29) is 5.82 Å². The van der Waals surface area contributed by atoms with E-state index in [4.69, 9.17) is 5.73 Å². The van der Waals surface area contributed by atoms with Gasteiger partial charge in [-0.2, -0.15) is 0 Å². The van der Waals surface area contributed by atoms with Crippen molar-refractivity contribution in [3.63, 3.8) is 0 Å². The fourth-order valence-electron chi connectivity index (χ4n) is 1.99. The normalized spacial score (nSPS) is 17.7. The molecule has 2 rings (SSSR count). The second-order valence-corrected chi connectivity index (χ2v) is 4.52. The number of halogens is 1. The van der Waals surface area contributed by atoms with Crippen molar-refractivity contribution in [2.24, 2.45) is 11.7 Å². The van der Waals surface area contributed by atoms with E-state index in [0.29, 0.717) is 6.04 Å². The van der Waals surface area contributed by atoms with E-state index in [1.807, 2.05) is 6.07 Å². The Morgan fingerprint density at radius 1 is 1.40 bits per heavy atom. The third-order valence-corrected chi connectivity index (χ3v) is 3.12. The third kappa shape index (κ3) is 3.31. The predicted molar refractivity (Wildman–Crippen MR) is 60.0 cm³/mol. The van der Waals surface area contributed by atoms with Gasteiger partial charge in [-0.1, -0.05) is 12.1 Å². The third-order valence-electron chi connectivity index (χ3n) is 3.12. The molecule has 0 amide bonds. The van der Waals surface area contributed by atoms with Crippen LogP contribution in [0.4, 0.5) is 4.39 Å². The van der Waals surface area contributed by atoms with Gasteiger partial charge in [-0.3, -0.25) is 0 Å². The molecular weight excluding hydrogens is 189 g/mol. The van der Waals surface area contributed by atoms with Gasteiger partial charge in [0.25, 0.3) is 0 Å². The highest BCUT2D eigenvalue weighted by atomic mass is 19.1. The minimum atomic E-state index is -0.140. The van der Waals surface area contributed by atoms with Gasteiger partial charge in [0.15, 0.2) is 0 Å². The van der Waals surface area contributed by atoms with Crippen molar-refractivity contribution in [3.05, 3.63) is 35.6 Å². The highest BCUT2D eigenvalue weighted by Crippen LogP contribution is 2.33. The summed E-state index contributed by atoms with van der Waals surface area (Å²) in [6.45, 7) is 0. The molecule has 1 unspecified atom stereocenters. The summed E-state index contributed by atoms with van der Waals surface area (Å²) >= 11 is 0. The molecule has 2 N–H and O–H groups in total. The van der Waals surface area contributed by atoms with Crippen molar-refractivity contribution in [2.75, 3.05) is 0 Å². The van der Waals surface area contributed by atoms with Gasteiger partial charge in [-0.05, 0) is 55.7 Å². The molecule has 0 aliphatic heterocycles. The van der Waals surface area contributed by atoms with Crippen LogP contribution >= 0.6 is 0 Å². The van der Waals surface area contributed by atoms with Crippen molar-refractivity contribution in [1.82, 2.24) is 0 Å². The first-order valence-corrected chi connectivity index (χ1v) is 5.76. The van der Waals surface area contributed by atoms with Crippen molar-refractivity contribution in [3.8, 4) is 0 Å². The minimum absolute atomic E-state index is 0.140. The maximum atomic E-state index is 12.9. The average Bonchev–Trinajstić information content (AvgIpc) is 3.00. The van der Waals surface area contributed by atoms with E-state index < -0.39 is 0 Å². The zero-order chi connectivity index (χ0) is 10.7. The summed E-state index contributed by atoms with van der Waals surface area (Å²) in [4.78, 5) is 0. The van der Waals surface area contributed by atoms with Crippen LogP contribution in [0.5, 0.6) is 0 Å². The molecule has 0 aromatic heterocycles. The molecule has 0 saturated heterocycles. The summed E-state index contributed by atoms with van der Waals surface area (Å²) in [5.41, 5.74) is 7.08. The van der Waals surface area contributed by atoms with E-state index in [1.54, 1.807) is 12.1 Å². The minimum Gasteiger partial charge on any atom is -0.327 e. The molecule has 15 heavy (non-hydrogen) atoms. The van der Waals surface area contributed by atoms with Crippen molar-refractivity contribution < 1.29 is 4.39 Å². The topological polar surface area (TPSA) is 26.0 Å². The molecule has 1 saturated carbocycles. The average molecular weight is 207 g/mol. The smallest absolute Gasteiger partial charge is 0.123 e. The van der Waals surface area contributed by atoms with Gasteiger partial charge < -0.3 is 5.73 Å². The standard InChI is InChI=1S/C13H18FN/c14-12-5-1-3-10(9-12)4-2-6-13(15)11-7-8-11/h1,3,5,9,11,13H,2,4,6-8,15H2. The van der Waals surface area contributed by atoms with E-state index in [9.17, 15) is 4.39 Å². The first-order chi connectivity index (χ1) is 7.25. The molecule has 1 aromatic rings. The molecule has 1 aliphatic rings. The van der Waals surface area contributed by atoms with Crippen LogP contribution in [0.1, 0.15) is 31.2 Å². The molecule has 1 nitrogen and oxygen atoms in total. The lowest BCUT2D eigenvalue weighted by atomic mass is 10.0. The Morgan fingerprint density at radius 2 is 2.20 bits per heavy atom. The summed E-state index contributed by atoms with van der Waals surface area (Å²) < 4.78 is 12.9. The molecule has 82 valence electrons. The lowest BCUT2D eigenvalue weighted by molar-refractivity contribution is 0.528. The SMILES string of the molecule is NC(CCCc1cccc(F)c1)C1CC1. The van der Waals surface area contributed by atoms with Gasteiger partial charge in [0.05, 0.1) is 0 Å². The molecule has 1 aliphatic carbocycles. The molecule has 0 bridgehead atoms. The van der Waals surface area contributed by atoms with E-state index >= 15 is 0 Å². The Kier molecular flexibility index (Phi) is 3.37. The Bertz CT molecular complexity index is 320. The van der Waals surface area contributed by atoms with Crippen LogP contribution in [0.25, 0.3) is 0 Å². The molecule has 0 radical (unpaired) electrons. The molecular formula is C13H18FN. The summed E-state index contributed by atoms with van der Waals surface area (Å²) in [6.07, 6.45) is 5.70. The quantitative estimate of drug-likeness (QED) is 0.789. The van der Waals surface area contributed by atoms with E-state index in [2.05, 4.69) is 0 Å². The highest BCUT2D eigenvalue weighted by Gasteiger charge is 2.27. The largest absolute Gasteiger partial charge is 0.327 e. The second kappa shape index (κ2) is 4.75. The zero-order valence-electron chi connectivity index (χ0n) is 8.95. The Labute approximate surface area is 90.5 Å². The van der Waals surface area contributed by atoms with Crippen LogP contribution in [0, 0.1) is 11.7 Å². The molecule has 1 fully saturated rings. The van der Waals surface area contributed by atoms with Gasteiger partial charge in [0.2, 0.25) is 0 Å². The van der Waals surface area contributed by atoms with Crippen molar-refractivity contribution in [2.45, 2.75) is 38.1 Å². The number of hydrogen-bond acceptors (Lipinski definition) is 1. The Balaban J connectivity index is 1.73. The number of aryl methyl sites for hydroxylation is 1. The lowest BCUT2D eigenvalue weighted by Gasteiger charge is -2.09. The number of hydrogen-bond donors (Lipinski definition) is 1. The van der Waals surface area contributed by atoms with Crippen LogP contribution in [0.15, 0.2) is 24.3 Å². The maximum Gasteiger partial charge on any atom is 0.123 e. The second-order valence-electron chi connectivity index (χ2n) is 4.52. The van der Waals surface area contributed by atoms with E-state index in [0.717, 1.165) is 30.7 Å². The Hall–Kier alpha value is -0.890. The summed E-state index contributed by atoms with van der Waals surface area (Å²) in [5.74, 6) is 0.636. The fourth-order valence-corrected chi connectivity index (χ4v) is 1.99. The first kappa shape index (κ1) is 10.6. The number of nitrogens with two attached hydrogens (primary N) is 1. The van der Waals surface area contributed by atoms with Crippen LogP contribution in [0.3, 0.4) is 0 Å². The lowest BCUT2D eigenvalue weighted by Crippen LogP contribution is -2.22. The van der Waals surface area contributed by atoms with Gasteiger partial charge in [0.1, 0.15) is 5.82 Å². The number of rotatable bonds is 5. The number of benzene rings is 1.